The number of esters is 1. The fraction of sp³-hybridized carbons (Fsp3) is 0.629. The first kappa shape index (κ1) is 34.6. The number of phenols is 2. The highest BCUT2D eigenvalue weighted by Gasteiger charge is 2.32. The molecule has 0 unspecified atom stereocenters. The van der Waals surface area contributed by atoms with E-state index in [1.165, 1.54) is 0 Å². The van der Waals surface area contributed by atoms with Crippen LogP contribution in [0.3, 0.4) is 0 Å². The van der Waals surface area contributed by atoms with Crippen LogP contribution < -0.4 is 0 Å². The summed E-state index contributed by atoms with van der Waals surface area (Å²) >= 11 is 0. The normalized spacial score (nSPS) is 13.1. The zero-order valence-electron chi connectivity index (χ0n) is 27.5. The second kappa shape index (κ2) is 12.7. The van der Waals surface area contributed by atoms with Crippen molar-refractivity contribution in [3.8, 4) is 11.5 Å². The van der Waals surface area contributed by atoms with Crippen LogP contribution in [0.2, 0.25) is 0 Å². The highest BCUT2D eigenvalue weighted by Crippen LogP contribution is 2.46. The molecular weight excluding hydrogens is 516 g/mol. The van der Waals surface area contributed by atoms with Crippen molar-refractivity contribution in [2.45, 2.75) is 117 Å². The summed E-state index contributed by atoms with van der Waals surface area (Å²) in [5.74, 6) is -0.181. The first-order valence-electron chi connectivity index (χ1n) is 14.7. The molecule has 0 aliphatic rings. The molecule has 6 nitrogen and oxygen atoms in total. The van der Waals surface area contributed by atoms with Gasteiger partial charge in [-0.1, -0.05) is 107 Å². The predicted octanol–water partition coefficient (Wildman–Crippen LogP) is 7.36. The lowest BCUT2D eigenvalue weighted by Gasteiger charge is -2.32. The number of hydrogen-bond donors (Lipinski definition) is 3. The maximum Gasteiger partial charge on any atom is 0.306 e. The summed E-state index contributed by atoms with van der Waals surface area (Å²) in [6.07, 6.45) is 0.0792. The van der Waals surface area contributed by atoms with Crippen molar-refractivity contribution < 1.29 is 29.6 Å². The quantitative estimate of drug-likeness (QED) is 0.215. The molecule has 2 rings (SSSR count). The molecule has 0 heterocycles. The van der Waals surface area contributed by atoms with E-state index in [1.54, 1.807) is 0 Å². The average Bonchev–Trinajstić information content (AvgIpc) is 2.80. The number of aliphatic hydroxyl groups excluding tert-OH is 1. The minimum Gasteiger partial charge on any atom is -0.507 e. The van der Waals surface area contributed by atoms with Crippen LogP contribution in [0.25, 0.3) is 0 Å². The molecule has 0 amide bonds. The maximum atomic E-state index is 13.3. The summed E-state index contributed by atoms with van der Waals surface area (Å²) in [6, 6.07) is 8.08. The van der Waals surface area contributed by atoms with E-state index in [9.17, 15) is 15.0 Å². The minimum atomic E-state index is -0.383. The molecule has 41 heavy (non-hydrogen) atoms. The molecule has 6 heteroatoms. The first-order chi connectivity index (χ1) is 18.6. The molecule has 230 valence electrons. The molecule has 0 radical (unpaired) electrons. The van der Waals surface area contributed by atoms with E-state index in [0.717, 1.165) is 33.4 Å². The van der Waals surface area contributed by atoms with Crippen molar-refractivity contribution in [3.63, 3.8) is 0 Å². The Morgan fingerprint density at radius 1 is 0.634 bits per heavy atom. The third-order valence-corrected chi connectivity index (χ3v) is 7.40. The van der Waals surface area contributed by atoms with Gasteiger partial charge in [0.25, 0.3) is 0 Å². The highest BCUT2D eigenvalue weighted by atomic mass is 16.6. The second-order valence-electron chi connectivity index (χ2n) is 15.2. The number of hydrogen-bond acceptors (Lipinski definition) is 6. The van der Waals surface area contributed by atoms with Gasteiger partial charge in [-0.25, -0.2) is 0 Å². The van der Waals surface area contributed by atoms with Crippen molar-refractivity contribution in [2.75, 3.05) is 26.4 Å². The Balaban J connectivity index is 2.84. The fourth-order valence-corrected chi connectivity index (χ4v) is 5.04. The van der Waals surface area contributed by atoms with Crippen molar-refractivity contribution in [1.82, 2.24) is 0 Å². The SMILES string of the molecule is CC(C)(C)c1cc(C(CC(=O)OCCOCCO)c2cc(C(C)(C)C)c(O)c(C(C)(C)C)c2)cc(C(C)(C)C)c1O. The molecule has 0 saturated carbocycles. The van der Waals surface area contributed by atoms with Crippen LogP contribution in [-0.2, 0) is 35.9 Å². The van der Waals surface area contributed by atoms with E-state index < -0.39 is 0 Å². The van der Waals surface area contributed by atoms with Crippen molar-refractivity contribution in [2.24, 2.45) is 0 Å². The average molecular weight is 571 g/mol. The first-order valence-corrected chi connectivity index (χ1v) is 14.7. The summed E-state index contributed by atoms with van der Waals surface area (Å²) in [6.45, 7) is 25.3. The maximum absolute atomic E-state index is 13.3. The zero-order chi connectivity index (χ0) is 31.6. The molecule has 3 N–H and O–H groups in total. The molecule has 0 aromatic heterocycles. The van der Waals surface area contributed by atoms with Crippen molar-refractivity contribution >= 4 is 5.97 Å². The summed E-state index contributed by atoms with van der Waals surface area (Å²) in [5, 5.41) is 31.7. The topological polar surface area (TPSA) is 96.2 Å². The van der Waals surface area contributed by atoms with E-state index >= 15 is 0 Å². The van der Waals surface area contributed by atoms with Crippen LogP contribution in [0.1, 0.15) is 129 Å². The van der Waals surface area contributed by atoms with Crippen LogP contribution in [0.4, 0.5) is 0 Å². The van der Waals surface area contributed by atoms with Gasteiger partial charge in [-0.2, -0.15) is 0 Å². The van der Waals surface area contributed by atoms with E-state index in [-0.39, 0.29) is 77.9 Å². The number of aliphatic hydroxyl groups is 1. The standard InChI is InChI=1S/C35H54O6/c1-32(2,3)25-17-22(18-26(30(25)38)33(4,5)6)24(21-29(37)41-16-15-40-14-13-36)23-19-27(34(7,8)9)31(39)28(20-23)35(10,11)12/h17-20,24,36,38-39H,13-16,21H2,1-12H3. The van der Waals surface area contributed by atoms with E-state index in [2.05, 4.69) is 83.1 Å². The van der Waals surface area contributed by atoms with Gasteiger partial charge in [-0.15, -0.1) is 0 Å². The molecule has 0 fully saturated rings. The number of rotatable bonds is 9. The fourth-order valence-electron chi connectivity index (χ4n) is 5.04. The highest BCUT2D eigenvalue weighted by molar-refractivity contribution is 5.72. The number of carbonyl (C=O) groups excluding carboxylic acids is 1. The van der Waals surface area contributed by atoms with Gasteiger partial charge in [0.2, 0.25) is 0 Å². The van der Waals surface area contributed by atoms with Gasteiger partial charge in [0, 0.05) is 5.92 Å². The van der Waals surface area contributed by atoms with Gasteiger partial charge in [0.05, 0.1) is 26.2 Å². The zero-order valence-corrected chi connectivity index (χ0v) is 27.5. The molecule has 0 aliphatic heterocycles. The summed E-state index contributed by atoms with van der Waals surface area (Å²) in [4.78, 5) is 13.3. The van der Waals surface area contributed by atoms with Gasteiger partial charge in [0.1, 0.15) is 18.1 Å². The number of phenolic OH excluding ortho intramolecular Hbond substituents is 2. The smallest absolute Gasteiger partial charge is 0.306 e. The second-order valence-corrected chi connectivity index (χ2v) is 15.2. The monoisotopic (exact) mass is 570 g/mol. The number of ether oxygens (including phenoxy) is 2. The van der Waals surface area contributed by atoms with Gasteiger partial charge >= 0.3 is 5.97 Å². The molecule has 2 aromatic rings. The van der Waals surface area contributed by atoms with Gasteiger partial charge < -0.3 is 24.8 Å². The van der Waals surface area contributed by atoms with Gasteiger partial charge in [-0.3, -0.25) is 4.79 Å². The lowest BCUT2D eigenvalue weighted by atomic mass is 9.73. The molecule has 0 aliphatic carbocycles. The third kappa shape index (κ3) is 8.96. The molecule has 0 saturated heterocycles. The van der Waals surface area contributed by atoms with Gasteiger partial charge in [0.15, 0.2) is 0 Å². The summed E-state index contributed by atoms with van der Waals surface area (Å²) in [7, 11) is 0. The Morgan fingerprint density at radius 3 is 1.27 bits per heavy atom. The lowest BCUT2D eigenvalue weighted by molar-refractivity contribution is -0.145. The van der Waals surface area contributed by atoms with Crippen LogP contribution in [0.5, 0.6) is 11.5 Å². The van der Waals surface area contributed by atoms with E-state index in [1.807, 2.05) is 24.3 Å². The van der Waals surface area contributed by atoms with Crippen molar-refractivity contribution in [3.05, 3.63) is 57.6 Å². The predicted molar refractivity (Wildman–Crippen MR) is 166 cm³/mol. The Bertz CT molecular complexity index is 1050. The Morgan fingerprint density at radius 2 is 0.976 bits per heavy atom. The van der Waals surface area contributed by atoms with E-state index in [4.69, 9.17) is 14.6 Å². The van der Waals surface area contributed by atoms with Crippen LogP contribution in [0.15, 0.2) is 24.3 Å². The van der Waals surface area contributed by atoms with E-state index in [0.29, 0.717) is 0 Å². The number of aromatic hydroxyl groups is 2. The lowest BCUT2D eigenvalue weighted by Crippen LogP contribution is -2.22. The molecule has 0 bridgehead atoms. The van der Waals surface area contributed by atoms with Crippen molar-refractivity contribution in [1.29, 1.82) is 0 Å². The number of carbonyl (C=O) groups is 1. The molecular formula is C35H54O6. The summed E-state index contributed by atoms with van der Waals surface area (Å²) in [5.41, 5.74) is 3.77. The van der Waals surface area contributed by atoms with Crippen LogP contribution >= 0.6 is 0 Å². The molecule has 2 aromatic carbocycles. The number of benzene rings is 2. The minimum absolute atomic E-state index is 0.0792. The third-order valence-electron chi connectivity index (χ3n) is 7.40. The Labute approximate surface area is 248 Å². The largest absolute Gasteiger partial charge is 0.507 e. The summed E-state index contributed by atoms with van der Waals surface area (Å²) < 4.78 is 10.8. The van der Waals surface area contributed by atoms with Crippen LogP contribution in [0, 0.1) is 0 Å². The Kier molecular flexibility index (Phi) is 10.8. The van der Waals surface area contributed by atoms with Gasteiger partial charge in [-0.05, 0) is 55.0 Å². The Hall–Kier alpha value is -2.57. The molecule has 0 atom stereocenters. The van der Waals surface area contributed by atoms with Crippen LogP contribution in [-0.4, -0.2) is 47.7 Å². The molecule has 0 spiro atoms.